The Balaban J connectivity index is 0. The van der Waals surface area contributed by atoms with E-state index >= 15 is 0 Å². The first kappa shape index (κ1) is 28.0. The van der Waals surface area contributed by atoms with Gasteiger partial charge in [0.2, 0.25) is 0 Å². The highest BCUT2D eigenvalue weighted by Crippen LogP contribution is 2.18. The van der Waals surface area contributed by atoms with Crippen LogP contribution in [0.3, 0.4) is 0 Å². The molecule has 1 aliphatic rings. The third kappa shape index (κ3) is 20.1. The normalized spacial score (nSPS) is 13.5. The number of nitrogens with zero attached hydrogens (tertiary/aromatic N) is 3. The highest BCUT2D eigenvalue weighted by atomic mass is 16.5. The van der Waals surface area contributed by atoms with Gasteiger partial charge in [0.05, 0.1) is 33.3 Å². The third-order valence-corrected chi connectivity index (χ3v) is 4.90. The number of quaternary nitrogens is 1. The zero-order chi connectivity index (χ0) is 21.5. The van der Waals surface area contributed by atoms with Gasteiger partial charge in [0.15, 0.2) is 12.4 Å². The fourth-order valence-corrected chi connectivity index (χ4v) is 3.39. The fraction of sp³-hybridized carbons (Fsp3) is 0.762. The molecule has 0 aliphatic carbocycles. The number of nitriles is 2. The third-order valence-electron chi connectivity index (χ3n) is 4.90. The summed E-state index contributed by atoms with van der Waals surface area (Å²) in [5.74, 6) is -0.301. The second kappa shape index (κ2) is 21.1. The summed E-state index contributed by atoms with van der Waals surface area (Å²) in [4.78, 5) is 10.8. The number of hydrogen-bond donors (Lipinski definition) is 2. The van der Waals surface area contributed by atoms with Crippen molar-refractivity contribution in [1.29, 1.82) is 10.5 Å². The van der Waals surface area contributed by atoms with Crippen LogP contribution in [-0.2, 0) is 9.53 Å². The Morgan fingerprint density at radius 2 is 1.36 bits per heavy atom. The van der Waals surface area contributed by atoms with Crippen molar-refractivity contribution in [3.63, 3.8) is 0 Å². The lowest BCUT2D eigenvalue weighted by Gasteiger charge is -2.29. The minimum atomic E-state index is -0.301. The van der Waals surface area contributed by atoms with Crippen LogP contribution in [0.5, 0.6) is 0 Å². The lowest BCUT2D eigenvalue weighted by Crippen LogP contribution is -2.41. The van der Waals surface area contributed by atoms with Crippen molar-refractivity contribution >= 4 is 5.97 Å². The molecule has 1 rings (SSSR count). The van der Waals surface area contributed by atoms with Crippen molar-refractivity contribution in [2.75, 3.05) is 33.3 Å². The Labute approximate surface area is 171 Å². The molecule has 4 N–H and O–H groups in total. The Bertz CT molecular complexity index is 450. The number of unbranched alkanes of at least 4 members (excludes halogenated alkanes) is 8. The van der Waals surface area contributed by atoms with Crippen LogP contribution in [0.15, 0.2) is 12.7 Å². The first-order chi connectivity index (χ1) is 13.5. The maximum absolute atomic E-state index is 10.8. The van der Waals surface area contributed by atoms with Crippen molar-refractivity contribution in [3.05, 3.63) is 12.7 Å². The maximum atomic E-state index is 10.8. The van der Waals surface area contributed by atoms with E-state index in [0.717, 1.165) is 6.42 Å². The minimum absolute atomic E-state index is 0.301. The van der Waals surface area contributed by atoms with E-state index in [4.69, 9.17) is 15.3 Å². The van der Waals surface area contributed by atoms with Crippen LogP contribution < -0.4 is 11.5 Å². The molecule has 7 heteroatoms. The number of carbonyl (C=O) groups excluding carboxylic acids is 1. The Morgan fingerprint density at radius 1 is 0.964 bits per heavy atom. The molecule has 7 nitrogen and oxygen atoms in total. The molecule has 0 aromatic rings. The maximum Gasteiger partial charge on any atom is 0.330 e. The predicted molar refractivity (Wildman–Crippen MR) is 112 cm³/mol. The Morgan fingerprint density at radius 3 is 1.79 bits per heavy atom. The van der Waals surface area contributed by atoms with Crippen LogP contribution in [0.1, 0.15) is 70.6 Å². The topological polar surface area (TPSA) is 126 Å². The summed E-state index contributed by atoms with van der Waals surface area (Å²) in [5.41, 5.74) is 8.31. The average Bonchev–Trinajstić information content (AvgIpc) is 3.10. The molecule has 0 radical (unpaired) electrons. The van der Waals surface area contributed by atoms with Crippen molar-refractivity contribution in [2.24, 2.45) is 11.5 Å². The summed E-state index contributed by atoms with van der Waals surface area (Å²) in [6.07, 6.45) is 18.3. The molecule has 0 spiro atoms. The molecule has 0 aromatic heterocycles. The van der Waals surface area contributed by atoms with E-state index in [1.54, 1.807) is 0 Å². The largest absolute Gasteiger partial charge is 0.463 e. The van der Waals surface area contributed by atoms with E-state index in [-0.39, 0.29) is 5.97 Å². The van der Waals surface area contributed by atoms with Gasteiger partial charge in [-0.2, -0.15) is 10.5 Å². The van der Waals surface area contributed by atoms with Gasteiger partial charge in [-0.05, 0) is 19.3 Å². The summed E-state index contributed by atoms with van der Waals surface area (Å²) in [5, 5.41) is 14.2. The van der Waals surface area contributed by atoms with Crippen molar-refractivity contribution < 1.29 is 14.0 Å². The highest BCUT2D eigenvalue weighted by molar-refractivity contribution is 5.81. The van der Waals surface area contributed by atoms with Gasteiger partial charge in [-0.1, -0.05) is 45.1 Å². The molecule has 28 heavy (non-hydrogen) atoms. The van der Waals surface area contributed by atoms with Crippen LogP contribution in [0.25, 0.3) is 0 Å². The number of rotatable bonds is 13. The zero-order valence-corrected chi connectivity index (χ0v) is 17.7. The first-order valence-corrected chi connectivity index (χ1v) is 10.3. The monoisotopic (exact) mass is 394 g/mol. The molecule has 0 saturated carbocycles. The average molecular weight is 395 g/mol. The van der Waals surface area contributed by atoms with Crippen LogP contribution >= 0.6 is 0 Å². The van der Waals surface area contributed by atoms with Gasteiger partial charge in [0.1, 0.15) is 0 Å². The smallest absolute Gasteiger partial charge is 0.330 e. The highest BCUT2D eigenvalue weighted by Gasteiger charge is 2.25. The molecule has 1 saturated heterocycles. The van der Waals surface area contributed by atoms with Gasteiger partial charge in [0.25, 0.3) is 0 Å². The summed E-state index contributed by atoms with van der Waals surface area (Å²) in [7, 11) is 2.43. The summed E-state index contributed by atoms with van der Waals surface area (Å²) in [6.45, 7) is 8.13. The van der Waals surface area contributed by atoms with Gasteiger partial charge in [-0.3, -0.25) is 0 Å². The van der Waals surface area contributed by atoms with E-state index < -0.39 is 0 Å². The van der Waals surface area contributed by atoms with Crippen LogP contribution in [-0.4, -0.2) is 43.7 Å². The molecule has 0 aromatic carbocycles. The minimum Gasteiger partial charge on any atom is -0.463 e. The number of esters is 1. The summed E-state index contributed by atoms with van der Waals surface area (Å²) < 4.78 is 6.28. The molecule has 1 heterocycles. The second-order valence-electron chi connectivity index (χ2n) is 7.31. The quantitative estimate of drug-likeness (QED) is 0.123. The molecular formula is C21H40N5O2+. The molecule has 0 amide bonds. The number of nitrogens with two attached hydrogens (primary N) is 2. The van der Waals surface area contributed by atoms with Crippen molar-refractivity contribution in [2.45, 2.75) is 70.6 Å². The Kier molecular flexibility index (Phi) is 21.0. The first-order valence-electron chi connectivity index (χ1n) is 10.3. The molecule has 160 valence electrons. The number of ether oxygens (including phenoxy) is 1. The molecular weight excluding hydrogens is 354 g/mol. The fourth-order valence-electron chi connectivity index (χ4n) is 3.39. The van der Waals surface area contributed by atoms with Gasteiger partial charge < -0.3 is 20.7 Å². The Hall–Kier alpha value is -2.25. The second-order valence-corrected chi connectivity index (χ2v) is 7.31. The van der Waals surface area contributed by atoms with E-state index in [9.17, 15) is 4.79 Å². The van der Waals surface area contributed by atoms with E-state index in [1.165, 1.54) is 107 Å². The van der Waals surface area contributed by atoms with Crippen LogP contribution in [0.4, 0.5) is 0 Å². The van der Waals surface area contributed by atoms with Gasteiger partial charge in [0, 0.05) is 18.9 Å². The lowest BCUT2D eigenvalue weighted by molar-refractivity contribution is -0.897. The van der Waals surface area contributed by atoms with Gasteiger partial charge in [-0.15, -0.1) is 0 Å². The standard InChI is InChI=1S/C19H36NO2.2CH2N2/c1-3-19(21)22-18-14-10-8-6-4-5-7-9-11-15-20(2)16-12-13-17-20;2*2-1-3/h3H,1,4-18H2,2H3;2*2H2/q+1;;. The molecule has 1 aliphatic heterocycles. The zero-order valence-electron chi connectivity index (χ0n) is 17.7. The van der Waals surface area contributed by atoms with Crippen LogP contribution in [0, 0.1) is 22.9 Å². The van der Waals surface area contributed by atoms with Crippen molar-refractivity contribution in [3.8, 4) is 12.4 Å². The molecule has 0 atom stereocenters. The molecule has 1 fully saturated rings. The predicted octanol–water partition coefficient (Wildman–Crippen LogP) is 3.32. The van der Waals surface area contributed by atoms with E-state index in [0.29, 0.717) is 6.61 Å². The number of hydrogen-bond acceptors (Lipinski definition) is 6. The summed E-state index contributed by atoms with van der Waals surface area (Å²) in [6, 6.07) is 0. The van der Waals surface area contributed by atoms with E-state index in [1.807, 2.05) is 0 Å². The molecule has 0 bridgehead atoms. The number of likely N-dealkylation sites (tertiary alicyclic amines) is 1. The van der Waals surface area contributed by atoms with E-state index in [2.05, 4.69) is 25.1 Å². The van der Waals surface area contributed by atoms with Crippen molar-refractivity contribution in [1.82, 2.24) is 0 Å². The SMILES string of the molecule is C=CC(=O)OCCCCCCCCCCC[N+]1(C)CCCC1.N#CN.N#CN. The van der Waals surface area contributed by atoms with Gasteiger partial charge >= 0.3 is 5.97 Å². The van der Waals surface area contributed by atoms with Gasteiger partial charge in [-0.25, -0.2) is 4.79 Å². The molecule has 0 unspecified atom stereocenters. The number of carbonyl (C=O) groups is 1. The summed E-state index contributed by atoms with van der Waals surface area (Å²) >= 11 is 0. The lowest BCUT2D eigenvalue weighted by atomic mass is 10.1. The van der Waals surface area contributed by atoms with Crippen LogP contribution in [0.2, 0.25) is 0 Å².